The van der Waals surface area contributed by atoms with Crippen molar-refractivity contribution in [3.8, 4) is 5.75 Å². The summed E-state index contributed by atoms with van der Waals surface area (Å²) in [4.78, 5) is 2.38. The highest BCUT2D eigenvalue weighted by atomic mass is 16.5. The van der Waals surface area contributed by atoms with Crippen LogP contribution in [0.4, 0.5) is 0 Å². The second-order valence-corrected chi connectivity index (χ2v) is 4.78. The summed E-state index contributed by atoms with van der Waals surface area (Å²) >= 11 is 0. The van der Waals surface area contributed by atoms with Crippen molar-refractivity contribution in [2.24, 2.45) is 5.73 Å². The predicted molar refractivity (Wildman–Crippen MR) is 71.0 cm³/mol. The lowest BCUT2D eigenvalue weighted by Crippen LogP contribution is -2.43. The molecule has 3 N–H and O–H groups in total. The van der Waals surface area contributed by atoms with E-state index in [1.165, 1.54) is 11.3 Å². The van der Waals surface area contributed by atoms with Crippen molar-refractivity contribution < 1.29 is 4.74 Å². The molecule has 0 amide bonds. The first-order valence-electron chi connectivity index (χ1n) is 6.48. The molecule has 2 aliphatic heterocycles. The lowest BCUT2D eigenvalue weighted by atomic mass is 10.0. The van der Waals surface area contributed by atoms with E-state index < -0.39 is 0 Å². The Morgan fingerprint density at radius 3 is 3.17 bits per heavy atom. The molecule has 0 unspecified atom stereocenters. The van der Waals surface area contributed by atoms with Crippen LogP contribution in [0.1, 0.15) is 12.0 Å². The third kappa shape index (κ3) is 2.04. The van der Waals surface area contributed by atoms with Crippen molar-refractivity contribution in [2.75, 3.05) is 19.8 Å². The number of benzene rings is 1. The van der Waals surface area contributed by atoms with Gasteiger partial charge in [0.2, 0.25) is 0 Å². The van der Waals surface area contributed by atoms with E-state index in [1.807, 2.05) is 12.1 Å². The molecule has 0 saturated heterocycles. The fourth-order valence-electron chi connectivity index (χ4n) is 2.69. The molecule has 0 spiro atoms. The van der Waals surface area contributed by atoms with Crippen LogP contribution in [-0.4, -0.2) is 30.8 Å². The number of fused-ring (bicyclic) bond motifs is 1. The summed E-state index contributed by atoms with van der Waals surface area (Å²) in [5.41, 5.74) is 8.25. The summed E-state index contributed by atoms with van der Waals surface area (Å²) in [6.07, 6.45) is 4.04. The second-order valence-electron chi connectivity index (χ2n) is 4.78. The Labute approximate surface area is 107 Å². The quantitative estimate of drug-likeness (QED) is 0.835. The number of para-hydroxylation sites is 1. The van der Waals surface area contributed by atoms with Crippen molar-refractivity contribution >= 4 is 0 Å². The highest BCUT2D eigenvalue weighted by Gasteiger charge is 2.28. The van der Waals surface area contributed by atoms with Crippen LogP contribution in [0.2, 0.25) is 0 Å². The summed E-state index contributed by atoms with van der Waals surface area (Å²) in [6.45, 7) is 2.31. The number of ether oxygens (including phenoxy) is 1. The Bertz CT molecular complexity index is 458. The highest BCUT2D eigenvalue weighted by Crippen LogP contribution is 2.28. The summed E-state index contributed by atoms with van der Waals surface area (Å²) in [5.74, 6) is 1.03. The summed E-state index contributed by atoms with van der Waals surface area (Å²) in [5, 5.41) is 3.28. The standard InChI is InChI=1S/C14H19N3O/c15-6-5-12-8-16-10-17(12)13-7-11-3-1-2-4-14(11)18-9-13/h1-4,8,13,16H,5-7,9-10,15H2/t13-/m1/s1. The van der Waals surface area contributed by atoms with Crippen molar-refractivity contribution in [3.05, 3.63) is 41.7 Å². The van der Waals surface area contributed by atoms with Gasteiger partial charge >= 0.3 is 0 Å². The van der Waals surface area contributed by atoms with E-state index in [0.29, 0.717) is 12.6 Å². The van der Waals surface area contributed by atoms with E-state index in [0.717, 1.165) is 31.9 Å². The summed E-state index contributed by atoms with van der Waals surface area (Å²) in [7, 11) is 0. The van der Waals surface area contributed by atoms with Crippen molar-refractivity contribution in [3.63, 3.8) is 0 Å². The van der Waals surface area contributed by atoms with Crippen LogP contribution in [-0.2, 0) is 6.42 Å². The van der Waals surface area contributed by atoms with E-state index in [9.17, 15) is 0 Å². The lowest BCUT2D eigenvalue weighted by molar-refractivity contribution is 0.152. The van der Waals surface area contributed by atoms with Gasteiger partial charge in [-0.3, -0.25) is 0 Å². The zero-order chi connectivity index (χ0) is 12.4. The Balaban J connectivity index is 1.74. The van der Waals surface area contributed by atoms with E-state index in [1.54, 1.807) is 0 Å². The van der Waals surface area contributed by atoms with Gasteiger partial charge in [0, 0.05) is 18.3 Å². The molecular formula is C14H19N3O. The second kappa shape index (κ2) is 4.90. The van der Waals surface area contributed by atoms with E-state index in [2.05, 4.69) is 28.5 Å². The summed E-state index contributed by atoms with van der Waals surface area (Å²) in [6, 6.07) is 8.70. The number of nitrogens with two attached hydrogens (primary N) is 1. The number of nitrogens with zero attached hydrogens (tertiary/aromatic N) is 1. The maximum Gasteiger partial charge on any atom is 0.122 e. The zero-order valence-electron chi connectivity index (χ0n) is 10.4. The third-order valence-corrected chi connectivity index (χ3v) is 3.60. The molecule has 0 aromatic heterocycles. The van der Waals surface area contributed by atoms with Gasteiger partial charge in [0.15, 0.2) is 0 Å². The number of hydrogen-bond donors (Lipinski definition) is 2. The van der Waals surface area contributed by atoms with Gasteiger partial charge in [0.05, 0.1) is 12.7 Å². The van der Waals surface area contributed by atoms with Crippen LogP contribution in [0.25, 0.3) is 0 Å². The Morgan fingerprint density at radius 1 is 1.39 bits per heavy atom. The van der Waals surface area contributed by atoms with Crippen molar-refractivity contribution in [2.45, 2.75) is 18.9 Å². The molecule has 0 saturated carbocycles. The Morgan fingerprint density at radius 2 is 2.28 bits per heavy atom. The first-order chi connectivity index (χ1) is 8.88. The highest BCUT2D eigenvalue weighted by molar-refractivity contribution is 5.36. The molecule has 18 heavy (non-hydrogen) atoms. The number of hydrogen-bond acceptors (Lipinski definition) is 4. The minimum atomic E-state index is 0.410. The predicted octanol–water partition coefficient (Wildman–Crippen LogP) is 1.04. The molecule has 0 fully saturated rings. The van der Waals surface area contributed by atoms with Crippen LogP contribution < -0.4 is 15.8 Å². The van der Waals surface area contributed by atoms with E-state index in [-0.39, 0.29) is 0 Å². The number of nitrogens with one attached hydrogen (secondary N) is 1. The molecule has 2 heterocycles. The molecule has 1 aromatic carbocycles. The van der Waals surface area contributed by atoms with Crippen LogP contribution >= 0.6 is 0 Å². The molecule has 1 aromatic rings. The summed E-state index contributed by atoms with van der Waals surface area (Å²) < 4.78 is 5.85. The van der Waals surface area contributed by atoms with Gasteiger partial charge in [-0.1, -0.05) is 18.2 Å². The van der Waals surface area contributed by atoms with Crippen molar-refractivity contribution in [1.29, 1.82) is 0 Å². The SMILES string of the molecule is NCCC1=CNCN1[C@H]1COc2ccccc2C1. The van der Waals surface area contributed by atoms with Crippen molar-refractivity contribution in [1.82, 2.24) is 10.2 Å². The molecule has 1 atom stereocenters. The lowest BCUT2D eigenvalue weighted by Gasteiger charge is -2.34. The molecule has 4 nitrogen and oxygen atoms in total. The Kier molecular flexibility index (Phi) is 3.11. The number of rotatable bonds is 3. The average molecular weight is 245 g/mol. The fourth-order valence-corrected chi connectivity index (χ4v) is 2.69. The van der Waals surface area contributed by atoms with Gasteiger partial charge < -0.3 is 20.7 Å². The van der Waals surface area contributed by atoms with Crippen LogP contribution in [0.5, 0.6) is 5.75 Å². The topological polar surface area (TPSA) is 50.5 Å². The average Bonchev–Trinajstić information content (AvgIpc) is 2.87. The van der Waals surface area contributed by atoms with E-state index >= 15 is 0 Å². The zero-order valence-corrected chi connectivity index (χ0v) is 10.4. The Hall–Kier alpha value is -1.68. The first kappa shape index (κ1) is 11.4. The maximum absolute atomic E-state index is 5.85. The van der Waals surface area contributed by atoms with Gasteiger partial charge in [-0.25, -0.2) is 0 Å². The maximum atomic E-state index is 5.85. The van der Waals surface area contributed by atoms with Gasteiger partial charge in [0.25, 0.3) is 0 Å². The molecule has 3 rings (SSSR count). The van der Waals surface area contributed by atoms with Crippen LogP contribution in [0, 0.1) is 0 Å². The normalized spacial score (nSPS) is 21.9. The molecule has 0 aliphatic carbocycles. The van der Waals surface area contributed by atoms with Gasteiger partial charge in [-0.05, 0) is 24.6 Å². The van der Waals surface area contributed by atoms with Gasteiger partial charge in [-0.15, -0.1) is 0 Å². The van der Waals surface area contributed by atoms with Gasteiger partial charge in [0.1, 0.15) is 12.4 Å². The molecular weight excluding hydrogens is 226 g/mol. The smallest absolute Gasteiger partial charge is 0.122 e. The minimum Gasteiger partial charge on any atom is -0.491 e. The largest absolute Gasteiger partial charge is 0.491 e. The van der Waals surface area contributed by atoms with Crippen LogP contribution in [0.15, 0.2) is 36.2 Å². The molecule has 96 valence electrons. The molecule has 0 bridgehead atoms. The fraction of sp³-hybridized carbons (Fsp3) is 0.429. The van der Waals surface area contributed by atoms with Gasteiger partial charge in [-0.2, -0.15) is 0 Å². The minimum absolute atomic E-state index is 0.410. The molecule has 2 aliphatic rings. The molecule has 0 radical (unpaired) electrons. The monoisotopic (exact) mass is 245 g/mol. The van der Waals surface area contributed by atoms with Crippen LogP contribution in [0.3, 0.4) is 0 Å². The first-order valence-corrected chi connectivity index (χ1v) is 6.48. The molecule has 4 heteroatoms. The van der Waals surface area contributed by atoms with E-state index in [4.69, 9.17) is 10.5 Å². The third-order valence-electron chi connectivity index (χ3n) is 3.60.